The summed E-state index contributed by atoms with van der Waals surface area (Å²) in [4.78, 5) is 23.4. The number of carboxylic acid groups (broad SMARTS) is 1. The van der Waals surface area contributed by atoms with Crippen LogP contribution in [0.25, 0.3) is 0 Å². The second-order valence-electron chi connectivity index (χ2n) is 6.20. The van der Waals surface area contributed by atoms with Gasteiger partial charge in [-0.25, -0.2) is 8.42 Å². The van der Waals surface area contributed by atoms with Crippen LogP contribution in [0.4, 0.5) is 0 Å². The molecule has 2 aliphatic rings. The molecule has 1 atom stereocenters. The number of rotatable bonds is 5. The van der Waals surface area contributed by atoms with Gasteiger partial charge < -0.3 is 9.84 Å². The molecule has 0 aromatic carbocycles. The van der Waals surface area contributed by atoms with Gasteiger partial charge in [0.25, 0.3) is 0 Å². The largest absolute Gasteiger partial charge is 0.480 e. The van der Waals surface area contributed by atoms with E-state index >= 15 is 0 Å². The standard InChI is InChI=1S/C14H23NO6S/c1-21-13(18)14(7-3-2-4-8-14)10-22(19,20)15-9-5-6-11(15)12(16)17/h11H,2-10H2,1H3,(H,16,17). The Kier molecular flexibility index (Phi) is 5.11. The lowest BCUT2D eigenvalue weighted by Crippen LogP contribution is -2.48. The Morgan fingerprint density at radius 2 is 1.86 bits per heavy atom. The minimum Gasteiger partial charge on any atom is -0.480 e. The first-order valence-electron chi connectivity index (χ1n) is 7.63. The van der Waals surface area contributed by atoms with Crippen LogP contribution in [0.5, 0.6) is 0 Å². The van der Waals surface area contributed by atoms with E-state index in [1.165, 1.54) is 7.11 Å². The van der Waals surface area contributed by atoms with E-state index in [1.807, 2.05) is 0 Å². The van der Waals surface area contributed by atoms with Crippen LogP contribution in [0.3, 0.4) is 0 Å². The molecule has 1 saturated carbocycles. The Bertz CT molecular complexity index is 538. The summed E-state index contributed by atoms with van der Waals surface area (Å²) in [6.45, 7) is 0.205. The minimum atomic E-state index is -3.82. The van der Waals surface area contributed by atoms with Crippen molar-refractivity contribution in [2.24, 2.45) is 5.41 Å². The predicted molar refractivity (Wildman–Crippen MR) is 78.7 cm³/mol. The average Bonchev–Trinajstić information content (AvgIpc) is 2.97. The lowest BCUT2D eigenvalue weighted by atomic mass is 9.75. The van der Waals surface area contributed by atoms with Gasteiger partial charge in [-0.05, 0) is 25.7 Å². The SMILES string of the molecule is COC(=O)C1(CS(=O)(=O)N2CCCC2C(=O)O)CCCCC1. The van der Waals surface area contributed by atoms with E-state index in [1.54, 1.807) is 0 Å². The molecule has 0 radical (unpaired) electrons. The van der Waals surface area contributed by atoms with Crippen molar-refractivity contribution in [2.75, 3.05) is 19.4 Å². The Morgan fingerprint density at radius 1 is 1.23 bits per heavy atom. The maximum absolute atomic E-state index is 12.7. The molecule has 0 amide bonds. The molecule has 1 heterocycles. The molecule has 0 aromatic heterocycles. The fourth-order valence-corrected chi connectivity index (χ4v) is 5.87. The fourth-order valence-electron chi connectivity index (χ4n) is 3.60. The molecule has 1 aliphatic heterocycles. The van der Waals surface area contributed by atoms with E-state index < -0.39 is 33.4 Å². The zero-order valence-corrected chi connectivity index (χ0v) is 13.6. The number of ether oxygens (including phenoxy) is 1. The molecule has 1 unspecified atom stereocenters. The van der Waals surface area contributed by atoms with Crippen molar-refractivity contribution in [1.82, 2.24) is 4.31 Å². The average molecular weight is 333 g/mol. The summed E-state index contributed by atoms with van der Waals surface area (Å²) in [6, 6.07) is -1.01. The van der Waals surface area contributed by atoms with Crippen molar-refractivity contribution < 1.29 is 27.9 Å². The summed E-state index contributed by atoms with van der Waals surface area (Å²) in [5, 5.41) is 9.17. The molecule has 22 heavy (non-hydrogen) atoms. The lowest BCUT2D eigenvalue weighted by molar-refractivity contribution is -0.153. The predicted octanol–water partition coefficient (Wildman–Crippen LogP) is 0.989. The van der Waals surface area contributed by atoms with Crippen molar-refractivity contribution in [3.63, 3.8) is 0 Å². The molecule has 2 rings (SSSR count). The van der Waals surface area contributed by atoms with Crippen LogP contribution in [0, 0.1) is 5.41 Å². The fraction of sp³-hybridized carbons (Fsp3) is 0.857. The lowest BCUT2D eigenvalue weighted by Gasteiger charge is -2.35. The van der Waals surface area contributed by atoms with Crippen LogP contribution in [0.15, 0.2) is 0 Å². The molecule has 8 heteroatoms. The number of carbonyl (C=O) groups is 2. The number of hydrogen-bond donors (Lipinski definition) is 1. The zero-order valence-electron chi connectivity index (χ0n) is 12.8. The van der Waals surface area contributed by atoms with Crippen LogP contribution >= 0.6 is 0 Å². The number of carbonyl (C=O) groups excluding carboxylic acids is 1. The quantitative estimate of drug-likeness (QED) is 0.753. The Hall–Kier alpha value is -1.15. The van der Waals surface area contributed by atoms with Gasteiger partial charge in [0.05, 0.1) is 18.3 Å². The first-order valence-corrected chi connectivity index (χ1v) is 9.24. The Labute approximate surface area is 130 Å². The second kappa shape index (κ2) is 6.54. The van der Waals surface area contributed by atoms with Crippen molar-refractivity contribution >= 4 is 22.0 Å². The number of methoxy groups -OCH3 is 1. The zero-order chi connectivity index (χ0) is 16.4. The summed E-state index contributed by atoms with van der Waals surface area (Å²) < 4.78 is 31.3. The van der Waals surface area contributed by atoms with Crippen molar-refractivity contribution in [1.29, 1.82) is 0 Å². The van der Waals surface area contributed by atoms with E-state index in [0.717, 1.165) is 23.6 Å². The number of sulfonamides is 1. The van der Waals surface area contributed by atoms with Crippen LogP contribution in [-0.2, 0) is 24.3 Å². The van der Waals surface area contributed by atoms with Gasteiger partial charge in [0.1, 0.15) is 6.04 Å². The molecule has 0 bridgehead atoms. The van der Waals surface area contributed by atoms with E-state index in [4.69, 9.17) is 4.74 Å². The third kappa shape index (κ3) is 3.27. The van der Waals surface area contributed by atoms with Crippen LogP contribution in [-0.4, -0.2) is 55.2 Å². The molecule has 0 spiro atoms. The number of esters is 1. The van der Waals surface area contributed by atoms with Gasteiger partial charge in [-0.1, -0.05) is 19.3 Å². The molecule has 7 nitrogen and oxygen atoms in total. The highest BCUT2D eigenvalue weighted by Crippen LogP contribution is 2.40. The Balaban J connectivity index is 2.24. The van der Waals surface area contributed by atoms with Gasteiger partial charge in [0, 0.05) is 6.54 Å². The highest BCUT2D eigenvalue weighted by molar-refractivity contribution is 7.89. The number of hydrogen-bond acceptors (Lipinski definition) is 5. The highest BCUT2D eigenvalue weighted by atomic mass is 32.2. The van der Waals surface area contributed by atoms with Gasteiger partial charge in [0.2, 0.25) is 10.0 Å². The van der Waals surface area contributed by atoms with Gasteiger partial charge in [-0.3, -0.25) is 9.59 Å². The second-order valence-corrected chi connectivity index (χ2v) is 8.12. The third-order valence-electron chi connectivity index (χ3n) is 4.73. The molecule has 2 fully saturated rings. The highest BCUT2D eigenvalue weighted by Gasteiger charge is 2.48. The van der Waals surface area contributed by atoms with Crippen molar-refractivity contribution in [3.8, 4) is 0 Å². The smallest absolute Gasteiger partial charge is 0.322 e. The molecule has 1 N–H and O–H groups in total. The summed E-state index contributed by atoms with van der Waals surface area (Å²) in [5.74, 6) is -1.98. The van der Waals surface area contributed by atoms with E-state index in [-0.39, 0.29) is 12.3 Å². The first-order chi connectivity index (χ1) is 10.3. The number of carboxylic acids is 1. The summed E-state index contributed by atoms with van der Waals surface area (Å²) >= 11 is 0. The van der Waals surface area contributed by atoms with Gasteiger partial charge in [-0.2, -0.15) is 4.31 Å². The van der Waals surface area contributed by atoms with Crippen LogP contribution in [0.2, 0.25) is 0 Å². The third-order valence-corrected chi connectivity index (χ3v) is 6.80. The maximum Gasteiger partial charge on any atom is 0.322 e. The summed E-state index contributed by atoms with van der Waals surface area (Å²) in [6.07, 6.45) is 4.34. The summed E-state index contributed by atoms with van der Waals surface area (Å²) in [7, 11) is -2.55. The molecular weight excluding hydrogens is 310 g/mol. The molecule has 0 aromatic rings. The van der Waals surface area contributed by atoms with Gasteiger partial charge in [0.15, 0.2) is 0 Å². The van der Waals surface area contributed by atoms with Gasteiger partial charge >= 0.3 is 11.9 Å². The van der Waals surface area contributed by atoms with Crippen LogP contribution < -0.4 is 0 Å². The maximum atomic E-state index is 12.7. The van der Waals surface area contributed by atoms with Gasteiger partial charge in [-0.15, -0.1) is 0 Å². The van der Waals surface area contributed by atoms with E-state index in [0.29, 0.717) is 25.7 Å². The molecule has 1 saturated heterocycles. The van der Waals surface area contributed by atoms with Crippen molar-refractivity contribution in [2.45, 2.75) is 51.0 Å². The molecular formula is C14H23NO6S. The number of aliphatic carboxylic acids is 1. The Morgan fingerprint density at radius 3 is 2.41 bits per heavy atom. The normalized spacial score (nSPS) is 25.8. The van der Waals surface area contributed by atoms with E-state index in [9.17, 15) is 23.1 Å². The summed E-state index contributed by atoms with van der Waals surface area (Å²) in [5.41, 5.74) is -1.03. The monoisotopic (exact) mass is 333 g/mol. The van der Waals surface area contributed by atoms with Crippen LogP contribution in [0.1, 0.15) is 44.9 Å². The molecule has 126 valence electrons. The first kappa shape index (κ1) is 17.2. The molecule has 1 aliphatic carbocycles. The minimum absolute atomic E-state index is 0.205. The topological polar surface area (TPSA) is 101 Å². The van der Waals surface area contributed by atoms with Crippen molar-refractivity contribution in [3.05, 3.63) is 0 Å². The number of nitrogens with zero attached hydrogens (tertiary/aromatic N) is 1. The van der Waals surface area contributed by atoms with E-state index in [2.05, 4.69) is 0 Å².